The molecule has 2 saturated heterocycles. The van der Waals surface area contributed by atoms with Crippen molar-refractivity contribution < 1.29 is 9.59 Å². The average Bonchev–Trinajstić information content (AvgIpc) is 3.04. The summed E-state index contributed by atoms with van der Waals surface area (Å²) >= 11 is 0. The van der Waals surface area contributed by atoms with Gasteiger partial charge >= 0.3 is 6.03 Å². The summed E-state index contributed by atoms with van der Waals surface area (Å²) in [4.78, 5) is 38.1. The number of benzene rings is 1. The quantitative estimate of drug-likeness (QED) is 0.727. The van der Waals surface area contributed by atoms with Crippen molar-refractivity contribution in [1.82, 2.24) is 25.5 Å². The molecule has 0 bridgehead atoms. The molecule has 8 heteroatoms. The van der Waals surface area contributed by atoms with Crippen LogP contribution in [0.3, 0.4) is 0 Å². The van der Waals surface area contributed by atoms with E-state index in [2.05, 4.69) is 25.5 Å². The highest BCUT2D eigenvalue weighted by molar-refractivity contribution is 5.77. The van der Waals surface area contributed by atoms with Crippen LogP contribution in [0.2, 0.25) is 0 Å². The molecular formula is C24H32N6O2. The third kappa shape index (κ3) is 5.96. The van der Waals surface area contributed by atoms with Crippen molar-refractivity contribution in [2.45, 2.75) is 50.6 Å². The molecule has 0 saturated carbocycles. The second-order valence-electron chi connectivity index (χ2n) is 8.54. The van der Waals surface area contributed by atoms with Gasteiger partial charge in [-0.15, -0.1) is 0 Å². The number of hydrogen-bond acceptors (Lipinski definition) is 5. The van der Waals surface area contributed by atoms with Crippen LogP contribution in [0.25, 0.3) is 0 Å². The molecule has 32 heavy (non-hydrogen) atoms. The molecule has 1 unspecified atom stereocenters. The van der Waals surface area contributed by atoms with Crippen LogP contribution in [0.5, 0.6) is 0 Å². The van der Waals surface area contributed by atoms with Gasteiger partial charge in [-0.1, -0.05) is 36.8 Å². The van der Waals surface area contributed by atoms with Crippen molar-refractivity contribution in [3.05, 3.63) is 54.4 Å². The summed E-state index contributed by atoms with van der Waals surface area (Å²) in [6, 6.07) is 11.4. The van der Waals surface area contributed by atoms with Crippen LogP contribution >= 0.6 is 0 Å². The van der Waals surface area contributed by atoms with Gasteiger partial charge in [-0.3, -0.25) is 4.79 Å². The molecule has 3 amide bonds. The van der Waals surface area contributed by atoms with Gasteiger partial charge < -0.3 is 20.4 Å². The topological polar surface area (TPSA) is 90.5 Å². The first-order chi connectivity index (χ1) is 15.7. The van der Waals surface area contributed by atoms with Crippen LogP contribution < -0.4 is 15.5 Å². The standard InChI is InChI=1S/C24H32N6O2/c31-22-10-5-2-6-15-30(22)18-21(19-8-3-1-4-9-19)28-24(32)27-20-11-16-29(17-12-20)23-25-13-7-14-26-23/h1,3-4,7-9,13-14,20-21H,2,5-6,10-12,15-18H2,(H2,27,28,32). The first-order valence-electron chi connectivity index (χ1n) is 11.6. The highest BCUT2D eigenvalue weighted by Gasteiger charge is 2.25. The van der Waals surface area contributed by atoms with E-state index in [1.807, 2.05) is 41.3 Å². The zero-order valence-electron chi connectivity index (χ0n) is 18.4. The number of rotatable bonds is 6. The van der Waals surface area contributed by atoms with E-state index in [-0.39, 0.29) is 24.0 Å². The Morgan fingerprint density at radius 3 is 2.50 bits per heavy atom. The predicted octanol–water partition coefficient (Wildman–Crippen LogP) is 2.89. The Morgan fingerprint density at radius 2 is 1.75 bits per heavy atom. The van der Waals surface area contributed by atoms with Gasteiger partial charge in [-0.25, -0.2) is 14.8 Å². The van der Waals surface area contributed by atoms with E-state index in [4.69, 9.17) is 0 Å². The Labute approximate surface area is 189 Å². The van der Waals surface area contributed by atoms with E-state index < -0.39 is 0 Å². The number of carbonyl (C=O) groups excluding carboxylic acids is 2. The number of anilines is 1. The molecule has 2 fully saturated rings. The van der Waals surface area contributed by atoms with Gasteiger partial charge in [-0.2, -0.15) is 0 Å². The lowest BCUT2D eigenvalue weighted by Gasteiger charge is -2.33. The Morgan fingerprint density at radius 1 is 1.00 bits per heavy atom. The second-order valence-corrected chi connectivity index (χ2v) is 8.54. The van der Waals surface area contributed by atoms with Crippen molar-refractivity contribution in [3.8, 4) is 0 Å². The number of carbonyl (C=O) groups is 2. The fraction of sp³-hybridized carbons (Fsp3) is 0.500. The van der Waals surface area contributed by atoms with E-state index in [1.54, 1.807) is 12.4 Å². The summed E-state index contributed by atoms with van der Waals surface area (Å²) in [5.41, 5.74) is 1.01. The molecule has 4 rings (SSSR count). The third-order valence-corrected chi connectivity index (χ3v) is 6.25. The molecule has 1 aromatic carbocycles. The molecule has 2 aliphatic heterocycles. The van der Waals surface area contributed by atoms with Crippen LogP contribution in [-0.2, 0) is 4.79 Å². The summed E-state index contributed by atoms with van der Waals surface area (Å²) in [6.07, 6.45) is 8.82. The number of hydrogen-bond donors (Lipinski definition) is 2. The van der Waals surface area contributed by atoms with Crippen molar-refractivity contribution >= 4 is 17.9 Å². The minimum atomic E-state index is -0.240. The van der Waals surface area contributed by atoms with Crippen molar-refractivity contribution in [3.63, 3.8) is 0 Å². The SMILES string of the molecule is O=C(NC1CCN(c2ncccn2)CC1)NC(CN1CCCCCC1=O)c1ccccc1. The van der Waals surface area contributed by atoms with E-state index >= 15 is 0 Å². The minimum Gasteiger partial charge on any atom is -0.341 e. The van der Waals surface area contributed by atoms with Gasteiger partial charge in [0.1, 0.15) is 0 Å². The van der Waals surface area contributed by atoms with Gasteiger partial charge in [0.15, 0.2) is 0 Å². The fourth-order valence-electron chi connectivity index (χ4n) is 4.44. The van der Waals surface area contributed by atoms with Crippen LogP contribution in [0, 0.1) is 0 Å². The Balaban J connectivity index is 1.34. The normalized spacial score (nSPS) is 18.7. The van der Waals surface area contributed by atoms with Crippen LogP contribution in [0.15, 0.2) is 48.8 Å². The third-order valence-electron chi connectivity index (χ3n) is 6.25. The molecule has 170 valence electrons. The first kappa shape index (κ1) is 22.0. The van der Waals surface area contributed by atoms with Crippen LogP contribution in [-0.4, -0.2) is 59.0 Å². The number of aromatic nitrogens is 2. The monoisotopic (exact) mass is 436 g/mol. The molecule has 0 spiro atoms. The smallest absolute Gasteiger partial charge is 0.315 e. The Hall–Kier alpha value is -3.16. The van der Waals surface area contributed by atoms with Crippen LogP contribution in [0.1, 0.15) is 50.1 Å². The lowest BCUT2D eigenvalue weighted by Crippen LogP contribution is -2.50. The number of nitrogens with one attached hydrogen (secondary N) is 2. The van der Waals surface area contributed by atoms with Gasteiger partial charge in [0.25, 0.3) is 0 Å². The number of nitrogens with zero attached hydrogens (tertiary/aromatic N) is 4. The highest BCUT2D eigenvalue weighted by atomic mass is 16.2. The van der Waals surface area contributed by atoms with Gasteiger partial charge in [0.2, 0.25) is 11.9 Å². The number of likely N-dealkylation sites (tertiary alicyclic amines) is 1. The lowest BCUT2D eigenvalue weighted by atomic mass is 10.0. The Kier molecular flexibility index (Phi) is 7.53. The zero-order valence-corrected chi connectivity index (χ0v) is 18.4. The molecular weight excluding hydrogens is 404 g/mol. The van der Waals surface area contributed by atoms with E-state index in [1.165, 1.54) is 0 Å². The minimum absolute atomic E-state index is 0.103. The highest BCUT2D eigenvalue weighted by Crippen LogP contribution is 2.19. The summed E-state index contributed by atoms with van der Waals surface area (Å²) in [6.45, 7) is 2.87. The first-order valence-corrected chi connectivity index (χ1v) is 11.6. The van der Waals surface area contributed by atoms with Gasteiger partial charge in [0.05, 0.1) is 6.04 Å². The molecule has 2 N–H and O–H groups in total. The number of urea groups is 1. The maximum atomic E-state index is 12.9. The predicted molar refractivity (Wildman–Crippen MR) is 123 cm³/mol. The molecule has 2 aliphatic rings. The number of amides is 3. The largest absolute Gasteiger partial charge is 0.341 e. The molecule has 0 radical (unpaired) electrons. The molecule has 1 atom stereocenters. The summed E-state index contributed by atoms with van der Waals surface area (Å²) in [5.74, 6) is 0.919. The maximum Gasteiger partial charge on any atom is 0.315 e. The summed E-state index contributed by atoms with van der Waals surface area (Å²) in [7, 11) is 0. The Bertz CT molecular complexity index is 871. The molecule has 8 nitrogen and oxygen atoms in total. The van der Waals surface area contributed by atoms with Gasteiger partial charge in [-0.05, 0) is 37.3 Å². The second kappa shape index (κ2) is 10.9. The maximum absolute atomic E-state index is 12.9. The van der Waals surface area contributed by atoms with E-state index in [9.17, 15) is 9.59 Å². The van der Waals surface area contributed by atoms with Crippen molar-refractivity contribution in [2.24, 2.45) is 0 Å². The molecule has 1 aromatic heterocycles. The molecule has 2 aromatic rings. The number of piperidine rings is 1. The van der Waals surface area contributed by atoms with E-state index in [0.717, 1.165) is 63.3 Å². The summed E-state index contributed by atoms with van der Waals surface area (Å²) in [5, 5.41) is 6.26. The van der Waals surface area contributed by atoms with E-state index in [0.29, 0.717) is 13.0 Å². The molecule has 3 heterocycles. The van der Waals surface area contributed by atoms with Crippen molar-refractivity contribution in [1.29, 1.82) is 0 Å². The zero-order chi connectivity index (χ0) is 22.2. The molecule has 0 aliphatic carbocycles. The average molecular weight is 437 g/mol. The van der Waals surface area contributed by atoms with Crippen LogP contribution in [0.4, 0.5) is 10.7 Å². The summed E-state index contributed by atoms with van der Waals surface area (Å²) < 4.78 is 0. The lowest BCUT2D eigenvalue weighted by molar-refractivity contribution is -0.131. The fourth-order valence-corrected chi connectivity index (χ4v) is 4.44. The van der Waals surface area contributed by atoms with Gasteiger partial charge in [0, 0.05) is 51.0 Å². The van der Waals surface area contributed by atoms with Crippen molar-refractivity contribution in [2.75, 3.05) is 31.1 Å².